The Balaban J connectivity index is 1.37. The molecule has 33 heavy (non-hydrogen) atoms. The second-order valence-corrected chi connectivity index (χ2v) is 8.89. The summed E-state index contributed by atoms with van der Waals surface area (Å²) in [6.45, 7) is 7.40. The Morgan fingerprint density at radius 3 is 2.45 bits per heavy atom. The molecule has 2 fully saturated rings. The summed E-state index contributed by atoms with van der Waals surface area (Å²) in [7, 11) is 1.70. The van der Waals surface area contributed by atoms with E-state index in [0.29, 0.717) is 6.54 Å². The fraction of sp³-hybridized carbons (Fsp3) is 0.480. The molecule has 5 rings (SSSR count). The van der Waals surface area contributed by atoms with Gasteiger partial charge in [0.05, 0.1) is 25.8 Å². The van der Waals surface area contributed by atoms with Gasteiger partial charge in [-0.05, 0) is 60.0 Å². The van der Waals surface area contributed by atoms with Gasteiger partial charge in [0.15, 0.2) is 5.82 Å². The lowest BCUT2D eigenvalue weighted by Gasteiger charge is -2.40. The van der Waals surface area contributed by atoms with Gasteiger partial charge in [-0.2, -0.15) is 0 Å². The van der Waals surface area contributed by atoms with Crippen molar-refractivity contribution in [1.29, 1.82) is 0 Å². The number of tetrazole rings is 1. The van der Waals surface area contributed by atoms with E-state index in [4.69, 9.17) is 9.47 Å². The number of hydrogen-bond acceptors (Lipinski definition) is 7. The molecule has 0 spiro atoms. The topological polar surface area (TPSA) is 68.5 Å². The van der Waals surface area contributed by atoms with E-state index in [1.807, 2.05) is 16.8 Å². The van der Waals surface area contributed by atoms with Crippen molar-refractivity contribution < 1.29 is 9.47 Å². The third-order valence-corrected chi connectivity index (χ3v) is 6.71. The first-order valence-corrected chi connectivity index (χ1v) is 11.8. The van der Waals surface area contributed by atoms with Crippen molar-refractivity contribution in [1.82, 2.24) is 25.1 Å². The molecular weight excluding hydrogens is 416 g/mol. The van der Waals surface area contributed by atoms with Crippen LogP contribution in [0.15, 0.2) is 48.5 Å². The van der Waals surface area contributed by atoms with Crippen molar-refractivity contribution in [2.45, 2.75) is 38.5 Å². The summed E-state index contributed by atoms with van der Waals surface area (Å²) in [5.41, 5.74) is 3.70. The monoisotopic (exact) mass is 448 g/mol. The third-order valence-electron chi connectivity index (χ3n) is 6.71. The summed E-state index contributed by atoms with van der Waals surface area (Å²) in [5, 5.41) is 12.9. The summed E-state index contributed by atoms with van der Waals surface area (Å²) in [4.78, 5) is 4.93. The summed E-state index contributed by atoms with van der Waals surface area (Å²) in [6.07, 6.45) is 2.36. The van der Waals surface area contributed by atoms with Gasteiger partial charge in [0.1, 0.15) is 5.75 Å². The molecular formula is C25H32N6O2. The lowest BCUT2D eigenvalue weighted by molar-refractivity contribution is 0.0906. The van der Waals surface area contributed by atoms with Gasteiger partial charge in [0.25, 0.3) is 0 Å². The fourth-order valence-electron chi connectivity index (χ4n) is 4.82. The lowest BCUT2D eigenvalue weighted by Crippen LogP contribution is -2.48. The predicted molar refractivity (Wildman–Crippen MR) is 127 cm³/mol. The highest BCUT2D eigenvalue weighted by Gasteiger charge is 2.31. The summed E-state index contributed by atoms with van der Waals surface area (Å²) in [6, 6.07) is 17.1. The second-order valence-electron chi connectivity index (χ2n) is 8.89. The van der Waals surface area contributed by atoms with Gasteiger partial charge in [-0.25, -0.2) is 4.68 Å². The van der Waals surface area contributed by atoms with Crippen LogP contribution in [0.4, 0.5) is 5.69 Å². The normalized spacial score (nSPS) is 20.2. The maximum absolute atomic E-state index is 5.86. The van der Waals surface area contributed by atoms with E-state index in [1.54, 1.807) is 7.11 Å². The van der Waals surface area contributed by atoms with E-state index in [9.17, 15) is 0 Å². The standard InChI is InChI=1S/C25H32N6O2/c1-19-5-7-20(8-6-19)24(25-26-27-28-31(25)18-23-4-3-17-33-23)30-15-13-29(14-16-30)21-9-11-22(32-2)12-10-21/h5-12,23-24H,3-4,13-18H2,1-2H3/t23-,24-/m0/s1. The van der Waals surface area contributed by atoms with Crippen LogP contribution in [-0.2, 0) is 11.3 Å². The van der Waals surface area contributed by atoms with Crippen LogP contribution in [-0.4, -0.2) is 71.1 Å². The molecule has 0 amide bonds. The molecule has 0 bridgehead atoms. The van der Waals surface area contributed by atoms with Crippen molar-refractivity contribution in [2.75, 3.05) is 44.8 Å². The molecule has 2 aliphatic heterocycles. The highest BCUT2D eigenvalue weighted by molar-refractivity contribution is 5.49. The van der Waals surface area contributed by atoms with Crippen molar-refractivity contribution in [3.8, 4) is 5.75 Å². The van der Waals surface area contributed by atoms with Crippen LogP contribution in [0.2, 0.25) is 0 Å². The van der Waals surface area contributed by atoms with Crippen LogP contribution >= 0.6 is 0 Å². The molecule has 0 N–H and O–H groups in total. The van der Waals surface area contributed by atoms with E-state index in [2.05, 4.69) is 68.6 Å². The summed E-state index contributed by atoms with van der Waals surface area (Å²) < 4.78 is 13.1. The quantitative estimate of drug-likeness (QED) is 0.550. The minimum Gasteiger partial charge on any atom is -0.497 e. The summed E-state index contributed by atoms with van der Waals surface area (Å²) >= 11 is 0. The van der Waals surface area contributed by atoms with E-state index >= 15 is 0 Å². The molecule has 2 atom stereocenters. The fourth-order valence-corrected chi connectivity index (χ4v) is 4.82. The molecule has 2 saturated heterocycles. The second kappa shape index (κ2) is 9.89. The van der Waals surface area contributed by atoms with Gasteiger partial charge in [-0.3, -0.25) is 4.90 Å². The van der Waals surface area contributed by atoms with Crippen molar-refractivity contribution in [2.24, 2.45) is 0 Å². The van der Waals surface area contributed by atoms with Gasteiger partial charge >= 0.3 is 0 Å². The Hall–Kier alpha value is -2.97. The van der Waals surface area contributed by atoms with Crippen LogP contribution in [0, 0.1) is 6.92 Å². The molecule has 8 nitrogen and oxygen atoms in total. The molecule has 2 aliphatic rings. The van der Waals surface area contributed by atoms with Crippen LogP contribution in [0.3, 0.4) is 0 Å². The Morgan fingerprint density at radius 2 is 1.79 bits per heavy atom. The SMILES string of the molecule is COc1ccc(N2CCN([C@@H](c3ccc(C)cc3)c3nnnn3C[C@@H]3CCCO3)CC2)cc1. The molecule has 0 radical (unpaired) electrons. The molecule has 3 heterocycles. The van der Waals surface area contributed by atoms with Gasteiger partial charge in [0, 0.05) is 38.5 Å². The van der Waals surface area contributed by atoms with Crippen molar-refractivity contribution >= 4 is 5.69 Å². The number of anilines is 1. The molecule has 0 aliphatic carbocycles. The van der Waals surface area contributed by atoms with Crippen LogP contribution in [0.5, 0.6) is 5.75 Å². The van der Waals surface area contributed by atoms with Crippen molar-refractivity contribution in [3.63, 3.8) is 0 Å². The molecule has 2 aromatic carbocycles. The Morgan fingerprint density at radius 1 is 1.03 bits per heavy atom. The lowest BCUT2D eigenvalue weighted by atomic mass is 10.0. The van der Waals surface area contributed by atoms with Crippen molar-refractivity contribution in [3.05, 3.63) is 65.5 Å². The number of aryl methyl sites for hydroxylation is 1. The van der Waals surface area contributed by atoms with Crippen LogP contribution < -0.4 is 9.64 Å². The number of nitrogens with zero attached hydrogens (tertiary/aromatic N) is 6. The maximum atomic E-state index is 5.86. The first-order valence-electron chi connectivity index (χ1n) is 11.8. The average molecular weight is 449 g/mol. The van der Waals surface area contributed by atoms with Gasteiger partial charge in [-0.15, -0.1) is 5.10 Å². The average Bonchev–Trinajstić information content (AvgIpc) is 3.54. The molecule has 174 valence electrons. The number of ether oxygens (including phenoxy) is 2. The zero-order valence-electron chi connectivity index (χ0n) is 19.4. The number of hydrogen-bond donors (Lipinski definition) is 0. The smallest absolute Gasteiger partial charge is 0.173 e. The van der Waals surface area contributed by atoms with E-state index in [0.717, 1.165) is 57.2 Å². The highest BCUT2D eigenvalue weighted by Crippen LogP contribution is 2.30. The molecule has 0 unspecified atom stereocenters. The first-order chi connectivity index (χ1) is 16.2. The Kier molecular flexibility index (Phi) is 6.55. The van der Waals surface area contributed by atoms with Crippen LogP contribution in [0.1, 0.15) is 35.8 Å². The zero-order valence-corrected chi connectivity index (χ0v) is 19.4. The van der Waals surface area contributed by atoms with Gasteiger partial charge in [-0.1, -0.05) is 29.8 Å². The first kappa shape index (κ1) is 21.9. The zero-order chi connectivity index (χ0) is 22.6. The highest BCUT2D eigenvalue weighted by atomic mass is 16.5. The third kappa shape index (κ3) is 4.86. The summed E-state index contributed by atoms with van der Waals surface area (Å²) in [5.74, 6) is 1.78. The molecule has 8 heteroatoms. The van der Waals surface area contributed by atoms with E-state index in [-0.39, 0.29) is 12.1 Å². The van der Waals surface area contributed by atoms with Gasteiger partial charge in [0.2, 0.25) is 0 Å². The number of rotatable bonds is 7. The maximum Gasteiger partial charge on any atom is 0.173 e. The van der Waals surface area contributed by atoms with Crippen LogP contribution in [0.25, 0.3) is 0 Å². The molecule has 0 saturated carbocycles. The minimum absolute atomic E-state index is 0.0139. The molecule has 1 aromatic heterocycles. The van der Waals surface area contributed by atoms with E-state index in [1.165, 1.54) is 16.8 Å². The molecule has 3 aromatic rings. The Labute approximate surface area is 195 Å². The largest absolute Gasteiger partial charge is 0.497 e. The number of benzene rings is 2. The number of aromatic nitrogens is 4. The predicted octanol–water partition coefficient (Wildman–Crippen LogP) is 3.08. The Bertz CT molecular complexity index is 1020. The number of piperazine rings is 1. The number of methoxy groups -OCH3 is 1. The van der Waals surface area contributed by atoms with Gasteiger partial charge < -0.3 is 14.4 Å². The van der Waals surface area contributed by atoms with E-state index < -0.39 is 0 Å². The minimum atomic E-state index is 0.0139.